The third-order valence-electron chi connectivity index (χ3n) is 7.84. The Kier molecular flexibility index (Phi) is 6.64. The van der Waals surface area contributed by atoms with Gasteiger partial charge in [-0.25, -0.2) is 14.4 Å². The number of halogens is 1. The molecule has 0 aliphatic heterocycles. The van der Waals surface area contributed by atoms with Crippen LogP contribution in [0.4, 0.5) is 4.39 Å². The Morgan fingerprint density at radius 3 is 2.83 bits per heavy atom. The van der Waals surface area contributed by atoms with Crippen LogP contribution in [-0.4, -0.2) is 42.5 Å². The largest absolute Gasteiger partial charge is 0.335 e. The van der Waals surface area contributed by atoms with Crippen LogP contribution in [0.3, 0.4) is 0 Å². The number of fused-ring (bicyclic) bond motifs is 2. The second-order valence-corrected chi connectivity index (χ2v) is 11.7. The zero-order chi connectivity index (χ0) is 27.9. The number of thiophene rings is 1. The molecule has 5 heterocycles. The summed E-state index contributed by atoms with van der Waals surface area (Å²) in [5.41, 5.74) is 5.20. The number of rotatable bonds is 8. The van der Waals surface area contributed by atoms with Crippen LogP contribution < -0.4 is 5.32 Å². The number of hydrogen-bond acceptors (Lipinski definition) is 7. The molecule has 5 aromatic heterocycles. The number of benzene rings is 1. The lowest BCUT2D eigenvalue weighted by molar-refractivity contribution is 0.102. The molecule has 1 fully saturated rings. The minimum atomic E-state index is -0.387. The summed E-state index contributed by atoms with van der Waals surface area (Å²) in [6.07, 6.45) is 10.4. The van der Waals surface area contributed by atoms with Gasteiger partial charge in [0, 0.05) is 46.7 Å². The smallest absolute Gasteiger partial charge is 0.178 e. The van der Waals surface area contributed by atoms with Crippen molar-refractivity contribution in [3.63, 3.8) is 0 Å². The molecule has 0 radical (unpaired) electrons. The topological polar surface area (TPSA) is 112 Å². The van der Waals surface area contributed by atoms with E-state index in [1.807, 2.05) is 36.5 Å². The maximum atomic E-state index is 16.2. The minimum absolute atomic E-state index is 0.0206. The van der Waals surface area contributed by atoms with Gasteiger partial charge in [0.25, 0.3) is 0 Å². The fourth-order valence-corrected chi connectivity index (χ4v) is 6.67. The molecule has 10 heteroatoms. The van der Waals surface area contributed by atoms with E-state index in [0.717, 1.165) is 28.5 Å². The van der Waals surface area contributed by atoms with Gasteiger partial charge in [0.2, 0.25) is 0 Å². The summed E-state index contributed by atoms with van der Waals surface area (Å²) in [6.45, 7) is 3.25. The third-order valence-corrected chi connectivity index (χ3v) is 9.06. The number of nitrogens with zero attached hydrogens (tertiary/aromatic N) is 4. The number of hydrogen-bond donors (Lipinski definition) is 3. The Hall–Kier alpha value is -4.28. The molecule has 1 aromatic carbocycles. The van der Waals surface area contributed by atoms with Crippen molar-refractivity contribution < 1.29 is 9.18 Å². The number of aromatic amines is 2. The van der Waals surface area contributed by atoms with Crippen LogP contribution in [0.2, 0.25) is 0 Å². The number of nitrogens with one attached hydrogen (secondary N) is 3. The first-order valence-electron chi connectivity index (χ1n) is 13.8. The van der Waals surface area contributed by atoms with Crippen LogP contribution in [0.25, 0.3) is 55.2 Å². The summed E-state index contributed by atoms with van der Waals surface area (Å²) in [4.78, 5) is 30.2. The van der Waals surface area contributed by atoms with Crippen molar-refractivity contribution in [1.82, 2.24) is 35.5 Å². The molecular weight excluding hydrogens is 537 g/mol. The van der Waals surface area contributed by atoms with Crippen LogP contribution >= 0.6 is 11.3 Å². The van der Waals surface area contributed by atoms with Gasteiger partial charge in [0.05, 0.1) is 21.3 Å². The van der Waals surface area contributed by atoms with Crippen molar-refractivity contribution in [3.8, 4) is 33.1 Å². The Morgan fingerprint density at radius 1 is 1.12 bits per heavy atom. The van der Waals surface area contributed by atoms with Crippen molar-refractivity contribution in [1.29, 1.82) is 0 Å². The molecule has 6 aromatic rings. The van der Waals surface area contributed by atoms with E-state index in [1.165, 1.54) is 37.0 Å². The molecule has 1 aliphatic carbocycles. The van der Waals surface area contributed by atoms with Crippen molar-refractivity contribution in [2.45, 2.75) is 39.2 Å². The minimum Gasteiger partial charge on any atom is -0.335 e. The highest BCUT2D eigenvalue weighted by Crippen LogP contribution is 2.36. The van der Waals surface area contributed by atoms with E-state index >= 15 is 4.39 Å². The van der Waals surface area contributed by atoms with E-state index in [1.54, 1.807) is 25.4 Å². The lowest BCUT2D eigenvalue weighted by Crippen LogP contribution is -2.20. The SMILES string of the molecule is CC(=O)c1ccc(-c2ccnc3nc(-c4n[nH]c5ccc(-c6cncc(CNCC7CCCC7)c6)c(F)c45)[nH]c23)s1. The molecule has 1 aliphatic rings. The Balaban J connectivity index is 1.23. The monoisotopic (exact) mass is 565 g/mol. The number of imidazole rings is 1. The molecule has 1 saturated carbocycles. The fraction of sp³-hybridized carbons (Fsp3) is 0.258. The van der Waals surface area contributed by atoms with E-state index in [2.05, 4.69) is 35.5 Å². The van der Waals surface area contributed by atoms with Crippen molar-refractivity contribution in [2.75, 3.05) is 6.54 Å². The van der Waals surface area contributed by atoms with Crippen LogP contribution in [0.5, 0.6) is 0 Å². The zero-order valence-corrected chi connectivity index (χ0v) is 23.3. The number of pyridine rings is 2. The lowest BCUT2D eigenvalue weighted by Gasteiger charge is -2.11. The number of carbonyl (C=O) groups is 1. The molecule has 3 N–H and O–H groups in total. The van der Waals surface area contributed by atoms with Gasteiger partial charge in [-0.2, -0.15) is 5.10 Å². The molecule has 41 heavy (non-hydrogen) atoms. The highest BCUT2D eigenvalue weighted by molar-refractivity contribution is 7.17. The third kappa shape index (κ3) is 4.83. The fourth-order valence-electron chi connectivity index (χ4n) is 5.73. The van der Waals surface area contributed by atoms with Crippen LogP contribution in [-0.2, 0) is 6.54 Å². The van der Waals surface area contributed by atoms with Gasteiger partial charge in [0.15, 0.2) is 17.3 Å². The van der Waals surface area contributed by atoms with Crippen LogP contribution in [0.1, 0.15) is 47.8 Å². The number of aromatic nitrogens is 6. The summed E-state index contributed by atoms with van der Waals surface area (Å²) >= 11 is 1.42. The van der Waals surface area contributed by atoms with E-state index in [4.69, 9.17) is 0 Å². The Labute approximate surface area is 239 Å². The van der Waals surface area contributed by atoms with Crippen molar-refractivity contribution in [2.24, 2.45) is 5.92 Å². The van der Waals surface area contributed by atoms with E-state index in [-0.39, 0.29) is 11.6 Å². The maximum absolute atomic E-state index is 16.2. The molecule has 0 saturated heterocycles. The predicted octanol–water partition coefficient (Wildman–Crippen LogP) is 6.91. The highest BCUT2D eigenvalue weighted by atomic mass is 32.1. The molecule has 206 valence electrons. The molecule has 0 unspecified atom stereocenters. The van der Waals surface area contributed by atoms with E-state index in [0.29, 0.717) is 56.1 Å². The number of H-pyrrole nitrogens is 2. The quantitative estimate of drug-likeness (QED) is 0.173. The molecule has 0 bridgehead atoms. The predicted molar refractivity (Wildman–Crippen MR) is 159 cm³/mol. The van der Waals surface area contributed by atoms with Crippen molar-refractivity contribution in [3.05, 3.63) is 71.2 Å². The second kappa shape index (κ2) is 10.6. The van der Waals surface area contributed by atoms with Crippen LogP contribution in [0.15, 0.2) is 55.0 Å². The standard InChI is InChI=1S/C31H28FN7OS/c1-17(40)24-8-9-25(41-24)22-10-11-35-30-28(22)36-31(37-30)29-26-23(38-39-29)7-6-21(27(26)32)20-12-19(15-34-16-20)14-33-13-18-4-2-3-5-18/h6-12,15-16,18,33H,2-5,13-14H2,1H3,(H,38,39)(H,35,36,37). The molecule has 0 atom stereocenters. The van der Waals surface area contributed by atoms with Gasteiger partial charge in [-0.3, -0.25) is 14.9 Å². The Morgan fingerprint density at radius 2 is 2.00 bits per heavy atom. The second-order valence-electron chi connectivity index (χ2n) is 10.6. The molecular formula is C31H28FN7OS. The first-order chi connectivity index (χ1) is 20.0. The van der Waals surface area contributed by atoms with Gasteiger partial charge in [-0.05, 0) is 74.2 Å². The number of ketones is 1. The summed E-state index contributed by atoms with van der Waals surface area (Å²) in [5.74, 6) is 0.793. The van der Waals surface area contributed by atoms with Gasteiger partial charge < -0.3 is 10.3 Å². The average molecular weight is 566 g/mol. The highest BCUT2D eigenvalue weighted by Gasteiger charge is 2.21. The summed E-state index contributed by atoms with van der Waals surface area (Å²) in [6, 6.07) is 11.2. The van der Waals surface area contributed by atoms with Gasteiger partial charge in [-0.1, -0.05) is 12.8 Å². The van der Waals surface area contributed by atoms with E-state index in [9.17, 15) is 4.79 Å². The number of Topliss-reactive ketones (excluding diaryl/α,β-unsaturated/α-hetero) is 1. The molecule has 7 rings (SSSR count). The molecule has 0 amide bonds. The lowest BCUT2D eigenvalue weighted by atomic mass is 10.0. The van der Waals surface area contributed by atoms with Crippen molar-refractivity contribution >= 4 is 39.2 Å². The molecule has 0 spiro atoms. The Bertz CT molecular complexity index is 1900. The van der Waals surface area contributed by atoms with Gasteiger partial charge in [-0.15, -0.1) is 11.3 Å². The van der Waals surface area contributed by atoms with Gasteiger partial charge >= 0.3 is 0 Å². The summed E-state index contributed by atoms with van der Waals surface area (Å²) in [5, 5.41) is 11.3. The van der Waals surface area contributed by atoms with Crippen LogP contribution in [0, 0.1) is 11.7 Å². The van der Waals surface area contributed by atoms with Gasteiger partial charge in [0.1, 0.15) is 11.5 Å². The number of carbonyl (C=O) groups excluding carboxylic acids is 1. The maximum Gasteiger partial charge on any atom is 0.178 e. The zero-order valence-electron chi connectivity index (χ0n) is 22.5. The average Bonchev–Trinajstić information content (AvgIpc) is 3.79. The molecule has 8 nitrogen and oxygen atoms in total. The normalized spacial score (nSPS) is 14.0. The first kappa shape index (κ1) is 25.7. The summed E-state index contributed by atoms with van der Waals surface area (Å²) < 4.78 is 16.2. The summed E-state index contributed by atoms with van der Waals surface area (Å²) in [7, 11) is 0. The first-order valence-corrected chi connectivity index (χ1v) is 14.6. The van der Waals surface area contributed by atoms with E-state index < -0.39 is 0 Å².